The van der Waals surface area contributed by atoms with Crippen molar-refractivity contribution in [1.29, 1.82) is 0 Å². The quantitative estimate of drug-likeness (QED) is 0.788. The highest BCUT2D eigenvalue weighted by atomic mass is 16.6. The van der Waals surface area contributed by atoms with E-state index in [1.54, 1.807) is 18.2 Å². The molecule has 104 valence electrons. The zero-order valence-electron chi connectivity index (χ0n) is 11.8. The van der Waals surface area contributed by atoms with Crippen LogP contribution in [-0.2, 0) is 0 Å². The fourth-order valence-electron chi connectivity index (χ4n) is 2.46. The van der Waals surface area contributed by atoms with Crippen LogP contribution in [0.15, 0.2) is 22.6 Å². The van der Waals surface area contributed by atoms with Crippen LogP contribution < -0.4 is 9.47 Å². The van der Waals surface area contributed by atoms with Crippen LogP contribution in [0.4, 0.5) is 0 Å². The zero-order chi connectivity index (χ0) is 14.3. The van der Waals surface area contributed by atoms with Gasteiger partial charge >= 0.3 is 0 Å². The molecular weight excluding hydrogens is 256 g/mol. The van der Waals surface area contributed by atoms with E-state index >= 15 is 0 Å². The molecule has 0 bridgehead atoms. The van der Waals surface area contributed by atoms with E-state index in [0.717, 1.165) is 11.3 Å². The van der Waals surface area contributed by atoms with E-state index in [0.29, 0.717) is 41.6 Å². The fraction of sp³-hybridized carbons (Fsp3) is 0.312. The van der Waals surface area contributed by atoms with Gasteiger partial charge in [0, 0.05) is 11.1 Å². The van der Waals surface area contributed by atoms with E-state index in [1.165, 1.54) is 0 Å². The van der Waals surface area contributed by atoms with Crippen molar-refractivity contribution in [3.8, 4) is 11.5 Å². The number of hydrogen-bond acceptors (Lipinski definition) is 4. The smallest absolute Gasteiger partial charge is 0.196 e. The second-order valence-electron chi connectivity index (χ2n) is 4.90. The molecule has 2 aromatic rings. The number of furan rings is 1. The Morgan fingerprint density at radius 1 is 1.00 bits per heavy atom. The summed E-state index contributed by atoms with van der Waals surface area (Å²) in [5.41, 5.74) is 2.11. The van der Waals surface area contributed by atoms with Gasteiger partial charge in [-0.3, -0.25) is 4.79 Å². The summed E-state index contributed by atoms with van der Waals surface area (Å²) in [7, 11) is 0. The van der Waals surface area contributed by atoms with E-state index in [9.17, 15) is 4.79 Å². The minimum atomic E-state index is -0.0474. The normalized spacial score (nSPS) is 13.3. The Morgan fingerprint density at radius 3 is 2.35 bits per heavy atom. The highest BCUT2D eigenvalue weighted by molar-refractivity contribution is 6.11. The van der Waals surface area contributed by atoms with E-state index in [-0.39, 0.29) is 5.78 Å². The molecule has 0 saturated carbocycles. The molecule has 0 fully saturated rings. The number of aryl methyl sites for hydroxylation is 2. The molecule has 0 radical (unpaired) electrons. The largest absolute Gasteiger partial charge is 0.486 e. The van der Waals surface area contributed by atoms with E-state index in [2.05, 4.69) is 0 Å². The highest BCUT2D eigenvalue weighted by Gasteiger charge is 2.22. The van der Waals surface area contributed by atoms with Crippen LogP contribution >= 0.6 is 0 Å². The summed E-state index contributed by atoms with van der Waals surface area (Å²) in [5.74, 6) is 2.69. The number of hydrogen-bond donors (Lipinski definition) is 0. The molecular formula is C16H16O4. The van der Waals surface area contributed by atoms with Crippen molar-refractivity contribution in [2.24, 2.45) is 0 Å². The summed E-state index contributed by atoms with van der Waals surface area (Å²) in [6.07, 6.45) is 0. The maximum absolute atomic E-state index is 12.6. The molecule has 4 nitrogen and oxygen atoms in total. The maximum Gasteiger partial charge on any atom is 0.196 e. The van der Waals surface area contributed by atoms with Crippen molar-refractivity contribution in [3.63, 3.8) is 0 Å². The monoisotopic (exact) mass is 272 g/mol. The first-order valence-corrected chi connectivity index (χ1v) is 6.59. The van der Waals surface area contributed by atoms with Crippen molar-refractivity contribution in [2.75, 3.05) is 13.2 Å². The van der Waals surface area contributed by atoms with E-state index < -0.39 is 0 Å². The third kappa shape index (κ3) is 1.97. The lowest BCUT2D eigenvalue weighted by molar-refractivity contribution is 0.103. The Morgan fingerprint density at radius 2 is 1.70 bits per heavy atom. The molecule has 0 N–H and O–H groups in total. The summed E-state index contributed by atoms with van der Waals surface area (Å²) < 4.78 is 16.5. The van der Waals surface area contributed by atoms with Gasteiger partial charge in [-0.2, -0.15) is 0 Å². The molecule has 0 atom stereocenters. The van der Waals surface area contributed by atoms with Crippen molar-refractivity contribution < 1.29 is 18.7 Å². The van der Waals surface area contributed by atoms with Crippen molar-refractivity contribution in [2.45, 2.75) is 20.8 Å². The van der Waals surface area contributed by atoms with Crippen LogP contribution in [0.1, 0.15) is 33.0 Å². The first-order chi connectivity index (χ1) is 9.58. The van der Waals surface area contributed by atoms with Crippen LogP contribution in [0, 0.1) is 20.8 Å². The average molecular weight is 272 g/mol. The Kier molecular flexibility index (Phi) is 3.01. The Hall–Kier alpha value is -2.23. The summed E-state index contributed by atoms with van der Waals surface area (Å²) in [5, 5.41) is 0. The summed E-state index contributed by atoms with van der Waals surface area (Å²) in [6.45, 7) is 6.62. The number of carbonyl (C=O) groups excluding carboxylic acids is 1. The third-order valence-corrected chi connectivity index (χ3v) is 3.59. The fourth-order valence-corrected chi connectivity index (χ4v) is 2.46. The molecule has 1 aromatic carbocycles. The lowest BCUT2D eigenvalue weighted by Crippen LogP contribution is -2.16. The minimum Gasteiger partial charge on any atom is -0.486 e. The molecule has 0 aliphatic carbocycles. The van der Waals surface area contributed by atoms with Crippen LogP contribution in [0.5, 0.6) is 11.5 Å². The van der Waals surface area contributed by atoms with Gasteiger partial charge in [0.1, 0.15) is 24.7 Å². The van der Waals surface area contributed by atoms with Gasteiger partial charge in [0.25, 0.3) is 0 Å². The first kappa shape index (κ1) is 12.8. The molecule has 20 heavy (non-hydrogen) atoms. The number of fused-ring (bicyclic) bond motifs is 1. The predicted molar refractivity (Wildman–Crippen MR) is 73.8 cm³/mol. The minimum absolute atomic E-state index is 0.0474. The zero-order valence-corrected chi connectivity index (χ0v) is 11.8. The van der Waals surface area contributed by atoms with Crippen LogP contribution in [0.25, 0.3) is 0 Å². The SMILES string of the molecule is Cc1oc(C)c(C(=O)c2ccc3c(c2)OCCO3)c1C. The maximum atomic E-state index is 12.6. The van der Waals surface area contributed by atoms with Gasteiger partial charge in [-0.15, -0.1) is 0 Å². The topological polar surface area (TPSA) is 48.7 Å². The van der Waals surface area contributed by atoms with E-state index in [1.807, 2.05) is 20.8 Å². The lowest BCUT2D eigenvalue weighted by atomic mass is 9.99. The standard InChI is InChI=1S/C16H16O4/c1-9-10(2)20-11(3)15(9)16(17)12-4-5-13-14(8-12)19-7-6-18-13/h4-5,8H,6-7H2,1-3H3. The van der Waals surface area contributed by atoms with Gasteiger partial charge in [-0.25, -0.2) is 0 Å². The van der Waals surface area contributed by atoms with Gasteiger partial charge in [-0.1, -0.05) is 0 Å². The summed E-state index contributed by atoms with van der Waals surface area (Å²) in [6, 6.07) is 5.27. The van der Waals surface area contributed by atoms with Crippen LogP contribution in [0.3, 0.4) is 0 Å². The highest BCUT2D eigenvalue weighted by Crippen LogP contribution is 2.32. The Balaban J connectivity index is 2.02. The van der Waals surface area contributed by atoms with Crippen molar-refractivity contribution >= 4 is 5.78 Å². The molecule has 1 aliphatic rings. The summed E-state index contributed by atoms with van der Waals surface area (Å²) >= 11 is 0. The molecule has 0 saturated heterocycles. The second kappa shape index (κ2) is 4.71. The average Bonchev–Trinajstić information content (AvgIpc) is 2.71. The summed E-state index contributed by atoms with van der Waals surface area (Å²) in [4.78, 5) is 12.6. The number of benzene rings is 1. The number of rotatable bonds is 2. The van der Waals surface area contributed by atoms with Crippen molar-refractivity contribution in [3.05, 3.63) is 46.4 Å². The second-order valence-corrected chi connectivity index (χ2v) is 4.90. The molecule has 0 unspecified atom stereocenters. The molecule has 1 aromatic heterocycles. The van der Waals surface area contributed by atoms with Gasteiger partial charge in [0.2, 0.25) is 0 Å². The van der Waals surface area contributed by atoms with Gasteiger partial charge < -0.3 is 13.9 Å². The van der Waals surface area contributed by atoms with E-state index in [4.69, 9.17) is 13.9 Å². The molecule has 1 aliphatic heterocycles. The van der Waals surface area contributed by atoms with Crippen LogP contribution in [-0.4, -0.2) is 19.0 Å². The molecule has 0 amide bonds. The predicted octanol–water partition coefficient (Wildman–Crippen LogP) is 3.21. The van der Waals surface area contributed by atoms with Crippen LogP contribution in [0.2, 0.25) is 0 Å². The molecule has 0 spiro atoms. The number of carbonyl (C=O) groups is 1. The van der Waals surface area contributed by atoms with Crippen molar-refractivity contribution in [1.82, 2.24) is 0 Å². The van der Waals surface area contributed by atoms with Gasteiger partial charge in [0.15, 0.2) is 17.3 Å². The Labute approximate surface area is 117 Å². The first-order valence-electron chi connectivity index (χ1n) is 6.59. The molecule has 3 rings (SSSR count). The Bertz CT molecular complexity index is 682. The molecule has 2 heterocycles. The lowest BCUT2D eigenvalue weighted by Gasteiger charge is -2.18. The molecule has 4 heteroatoms. The van der Waals surface area contributed by atoms with Gasteiger partial charge in [0.05, 0.1) is 5.56 Å². The third-order valence-electron chi connectivity index (χ3n) is 3.59. The number of ether oxygens (including phenoxy) is 2. The number of ketones is 1. The van der Waals surface area contributed by atoms with Gasteiger partial charge in [-0.05, 0) is 39.0 Å².